The summed E-state index contributed by atoms with van der Waals surface area (Å²) in [5.41, 5.74) is 0. The van der Waals surface area contributed by atoms with Gasteiger partial charge in [-0.05, 0) is 0 Å². The van der Waals surface area contributed by atoms with Gasteiger partial charge in [0.25, 0.3) is 0 Å². The summed E-state index contributed by atoms with van der Waals surface area (Å²) in [6.07, 6.45) is -0.802. The van der Waals surface area contributed by atoms with Crippen LogP contribution >= 0.6 is 7.49 Å². The minimum Gasteiger partial charge on any atom is -0.359 e. The molecule has 0 aliphatic heterocycles. The summed E-state index contributed by atoms with van der Waals surface area (Å²) in [6, 6.07) is 0. The van der Waals surface area contributed by atoms with Crippen molar-refractivity contribution in [2.24, 2.45) is 0 Å². The van der Waals surface area contributed by atoms with Gasteiger partial charge in [-0.2, -0.15) is 0 Å². The summed E-state index contributed by atoms with van der Waals surface area (Å²) in [5, 5.41) is 25.7. The van der Waals surface area contributed by atoms with E-state index in [-0.39, 0.29) is 19.0 Å². The molecule has 0 heterocycles. The molecule has 0 amide bonds. The molecule has 0 atom stereocenters. The van der Waals surface area contributed by atoms with Gasteiger partial charge in [0.1, 0.15) is 0 Å². The van der Waals surface area contributed by atoms with E-state index in [4.69, 9.17) is 19.8 Å². The summed E-state index contributed by atoms with van der Waals surface area (Å²) in [6.45, 7) is 0. The Kier molecular flexibility index (Phi) is 4.27. The van der Waals surface area contributed by atoms with Crippen molar-refractivity contribution in [3.63, 3.8) is 0 Å². The molecule has 4 nitrogen and oxygen atoms in total. The molecule has 0 spiro atoms. The van der Waals surface area contributed by atoms with Crippen LogP contribution < -0.4 is 0 Å². The van der Waals surface area contributed by atoms with Gasteiger partial charge in [0.15, 0.2) is 19.0 Å². The zero-order chi connectivity index (χ0) is 7.33. The van der Waals surface area contributed by atoms with Crippen LogP contribution in [0.5, 0.6) is 0 Å². The number of aliphatic hydroxyl groups is 3. The molecule has 0 bridgehead atoms. The topological polar surface area (TPSA) is 69.9 Å². The monoisotopic (exact) mass is 155 g/mol. The third kappa shape index (κ3) is 2.16. The highest BCUT2D eigenvalue weighted by Crippen LogP contribution is 2.56. The minimum absolute atomic E-state index is 0.267. The van der Waals surface area contributed by atoms with E-state index in [0.29, 0.717) is 0 Å². The smallest absolute Gasteiger partial charge is 0.223 e. The third-order valence-electron chi connectivity index (χ3n) is 1.16. The summed E-state index contributed by atoms with van der Waals surface area (Å²) in [7, 11) is -0.882. The van der Waals surface area contributed by atoms with E-state index in [9.17, 15) is 0 Å². The van der Waals surface area contributed by atoms with E-state index in [1.807, 2.05) is 0 Å². The Morgan fingerprint density at radius 1 is 1.11 bits per heavy atom. The lowest BCUT2D eigenvalue weighted by Crippen LogP contribution is -2.08. The van der Waals surface area contributed by atoms with E-state index in [2.05, 4.69) is 0 Å². The summed E-state index contributed by atoms with van der Waals surface area (Å²) in [5.74, 6) is 0. The van der Waals surface area contributed by atoms with Gasteiger partial charge in [-0.1, -0.05) is 0 Å². The van der Waals surface area contributed by atoms with E-state index >= 15 is 0 Å². The highest BCUT2D eigenvalue weighted by Gasteiger charge is 2.36. The van der Waals surface area contributed by atoms with Crippen LogP contribution in [0, 0.1) is 0 Å². The van der Waals surface area contributed by atoms with Crippen LogP contribution in [0.4, 0.5) is 0 Å². The number of rotatable bonds is 4. The highest BCUT2D eigenvalue weighted by atomic mass is 31.2. The molecule has 0 aromatic carbocycles. The fourth-order valence-corrected chi connectivity index (χ4v) is 0.922. The van der Waals surface area contributed by atoms with E-state index in [1.54, 1.807) is 0 Å². The molecule has 0 aliphatic carbocycles. The largest absolute Gasteiger partial charge is 0.359 e. The third-order valence-corrected chi connectivity index (χ3v) is 3.48. The van der Waals surface area contributed by atoms with Gasteiger partial charge in [0, 0.05) is 0 Å². The Bertz CT molecular complexity index is 55.5. The fourth-order valence-electron chi connectivity index (χ4n) is 0.307. The molecule has 0 saturated heterocycles. The Hall–Kier alpha value is 0.270. The van der Waals surface area contributed by atoms with Crippen molar-refractivity contribution in [2.45, 2.75) is 0 Å². The lowest BCUT2D eigenvalue weighted by Gasteiger charge is -2.15. The molecule has 0 fully saturated rings. The van der Waals surface area contributed by atoms with Gasteiger partial charge in [-0.3, -0.25) is 0 Å². The maximum absolute atomic E-state index is 8.58. The second-order valence-electron chi connectivity index (χ2n) is 1.66. The Balaban J connectivity index is 3.82. The Morgan fingerprint density at radius 3 is 1.44 bits per heavy atom. The second kappa shape index (κ2) is 4.14. The molecule has 9 heavy (non-hydrogen) atoms. The standard InChI is InChI=1S/C4H12O4P/c1-8-9(2-5,3-6)4-7/h5-7H,2-4H2,1H3/q+1. The molecule has 0 unspecified atom stereocenters. The summed E-state index contributed by atoms with van der Waals surface area (Å²) < 4.78 is 4.75. The fraction of sp³-hybridized carbons (Fsp3) is 1.00. The predicted molar refractivity (Wildman–Crippen MR) is 35.2 cm³/mol. The molecule has 0 radical (unpaired) electrons. The van der Waals surface area contributed by atoms with Crippen LogP contribution in [-0.4, -0.2) is 41.5 Å². The van der Waals surface area contributed by atoms with E-state index in [0.717, 1.165) is 0 Å². The van der Waals surface area contributed by atoms with Crippen LogP contribution in [0.25, 0.3) is 0 Å². The van der Waals surface area contributed by atoms with Crippen LogP contribution in [0.3, 0.4) is 0 Å². The zero-order valence-electron chi connectivity index (χ0n) is 5.32. The molecule has 3 N–H and O–H groups in total. The van der Waals surface area contributed by atoms with Gasteiger partial charge in [0.05, 0.1) is 7.11 Å². The van der Waals surface area contributed by atoms with Crippen molar-refractivity contribution < 1.29 is 19.8 Å². The normalized spacial score (nSPS) is 12.0. The average molecular weight is 155 g/mol. The maximum Gasteiger partial charge on any atom is 0.223 e. The summed E-state index contributed by atoms with van der Waals surface area (Å²) in [4.78, 5) is 0. The van der Waals surface area contributed by atoms with Crippen molar-refractivity contribution in [3.8, 4) is 0 Å². The van der Waals surface area contributed by atoms with Crippen LogP contribution in [0.2, 0.25) is 0 Å². The lowest BCUT2D eigenvalue weighted by molar-refractivity contribution is 0.264. The van der Waals surface area contributed by atoms with Crippen LogP contribution in [0.1, 0.15) is 0 Å². The van der Waals surface area contributed by atoms with Crippen molar-refractivity contribution in [2.75, 3.05) is 26.2 Å². The quantitative estimate of drug-likeness (QED) is 0.475. The van der Waals surface area contributed by atoms with Crippen LogP contribution in [-0.2, 0) is 4.52 Å². The highest BCUT2D eigenvalue weighted by molar-refractivity contribution is 7.70. The van der Waals surface area contributed by atoms with Crippen LogP contribution in [0.15, 0.2) is 0 Å². The van der Waals surface area contributed by atoms with Crippen molar-refractivity contribution in [3.05, 3.63) is 0 Å². The predicted octanol–water partition coefficient (Wildman–Crippen LogP) is -0.585. The first-order valence-electron chi connectivity index (χ1n) is 2.49. The van der Waals surface area contributed by atoms with Crippen molar-refractivity contribution in [1.29, 1.82) is 0 Å². The molecule has 0 rings (SSSR count). The molecule has 56 valence electrons. The first-order valence-corrected chi connectivity index (χ1v) is 4.75. The van der Waals surface area contributed by atoms with Gasteiger partial charge in [-0.15, -0.1) is 0 Å². The molecule has 0 aromatic heterocycles. The van der Waals surface area contributed by atoms with E-state index < -0.39 is 7.49 Å². The second-order valence-corrected chi connectivity index (χ2v) is 4.99. The van der Waals surface area contributed by atoms with Crippen molar-refractivity contribution in [1.82, 2.24) is 0 Å². The minimum atomic E-state index is -2.25. The van der Waals surface area contributed by atoms with E-state index in [1.165, 1.54) is 7.11 Å². The van der Waals surface area contributed by atoms with Gasteiger partial charge < -0.3 is 15.3 Å². The molecule has 0 aromatic rings. The molecular weight excluding hydrogens is 143 g/mol. The molecule has 0 aliphatic rings. The number of hydrogen-bond acceptors (Lipinski definition) is 4. The molecule has 5 heteroatoms. The average Bonchev–Trinajstić information content (AvgIpc) is 1.95. The SMILES string of the molecule is CO[P+](CO)(CO)CO. The molecule has 0 saturated carbocycles. The first kappa shape index (κ1) is 9.27. The summed E-state index contributed by atoms with van der Waals surface area (Å²) >= 11 is 0. The molecular formula is C4H12O4P+. The first-order chi connectivity index (χ1) is 4.24. The number of hydrogen-bond donors (Lipinski definition) is 3. The lowest BCUT2D eigenvalue weighted by atomic mass is 11.6. The van der Waals surface area contributed by atoms with Gasteiger partial charge >= 0.3 is 0 Å². The zero-order valence-corrected chi connectivity index (χ0v) is 6.21. The van der Waals surface area contributed by atoms with Gasteiger partial charge in [-0.25, -0.2) is 4.52 Å². The number of aliphatic hydroxyl groups excluding tert-OH is 3. The van der Waals surface area contributed by atoms with Crippen molar-refractivity contribution >= 4 is 7.49 Å². The Labute approximate surface area is 54.5 Å². The maximum atomic E-state index is 8.58. The Morgan fingerprint density at radius 2 is 1.44 bits per heavy atom. The van der Waals surface area contributed by atoms with Gasteiger partial charge in [0.2, 0.25) is 7.49 Å².